The number of urea groups is 1. The summed E-state index contributed by atoms with van der Waals surface area (Å²) in [7, 11) is 5.00. The molecule has 1 aliphatic rings. The Kier molecular flexibility index (Phi) is 8.93. The van der Waals surface area contributed by atoms with Gasteiger partial charge in [-0.1, -0.05) is 31.4 Å². The largest absolute Gasteiger partial charge is 0.491 e. The summed E-state index contributed by atoms with van der Waals surface area (Å²) < 4.78 is 13.1. The maximum absolute atomic E-state index is 13.6. The molecule has 1 saturated heterocycles. The molecule has 0 spiro atoms. The Bertz CT molecular complexity index is 1290. The average molecular weight is 543 g/mol. The third kappa shape index (κ3) is 5.96. The number of carbonyl (C=O) groups is 2. The number of halogens is 1. The van der Waals surface area contributed by atoms with Crippen LogP contribution in [0.25, 0.3) is 11.0 Å². The second-order valence-electron chi connectivity index (χ2n) is 9.52. The predicted octanol–water partition coefficient (Wildman–Crippen LogP) is 4.58. The molecule has 0 atom stereocenters. The number of amides is 3. The summed E-state index contributed by atoms with van der Waals surface area (Å²) in [6, 6.07) is 3.50. The number of likely N-dealkylation sites (N-methyl/N-ethyl adjacent to an activating group) is 1. The van der Waals surface area contributed by atoms with Crippen molar-refractivity contribution in [2.24, 2.45) is 0 Å². The summed E-state index contributed by atoms with van der Waals surface area (Å²) in [6.07, 6.45) is 8.92. The van der Waals surface area contributed by atoms with Gasteiger partial charge in [0.05, 0.1) is 24.9 Å². The smallest absolute Gasteiger partial charge is 0.325 e. The van der Waals surface area contributed by atoms with Crippen molar-refractivity contribution < 1.29 is 19.1 Å². The number of anilines is 1. The van der Waals surface area contributed by atoms with Gasteiger partial charge in [-0.2, -0.15) is 0 Å². The SMILES string of the molecule is CCCCCOc1cc(N2CCCN(Cc3ccnc4c3c(Cl)cn4CC(=O)N(C)C)C2=O)ncc1OC. The molecule has 0 unspecified atom stereocenters. The third-order valence-electron chi connectivity index (χ3n) is 6.59. The molecule has 0 N–H and O–H groups in total. The first-order valence-electron chi connectivity index (χ1n) is 12.9. The van der Waals surface area contributed by atoms with Crippen molar-refractivity contribution in [2.45, 2.75) is 45.7 Å². The van der Waals surface area contributed by atoms with E-state index in [1.54, 1.807) is 60.2 Å². The van der Waals surface area contributed by atoms with Crippen LogP contribution in [-0.4, -0.2) is 77.2 Å². The molecule has 10 nitrogen and oxygen atoms in total. The first-order valence-corrected chi connectivity index (χ1v) is 13.3. The van der Waals surface area contributed by atoms with E-state index in [0.29, 0.717) is 54.2 Å². The minimum absolute atomic E-state index is 0.0617. The number of aromatic nitrogens is 3. The quantitative estimate of drug-likeness (QED) is 0.329. The van der Waals surface area contributed by atoms with Crippen LogP contribution in [0.15, 0.2) is 30.7 Å². The maximum Gasteiger partial charge on any atom is 0.325 e. The molecule has 1 fully saturated rings. The molecule has 0 saturated carbocycles. The van der Waals surface area contributed by atoms with Gasteiger partial charge in [0.2, 0.25) is 5.91 Å². The number of rotatable bonds is 11. The topological polar surface area (TPSA) is 93.0 Å². The van der Waals surface area contributed by atoms with Crippen LogP contribution in [-0.2, 0) is 17.9 Å². The normalized spacial score (nSPS) is 13.8. The van der Waals surface area contributed by atoms with Crippen LogP contribution in [0.1, 0.15) is 38.2 Å². The molecule has 0 bridgehead atoms. The lowest BCUT2D eigenvalue weighted by atomic mass is 10.1. The molecule has 4 rings (SSSR count). The molecular weight excluding hydrogens is 508 g/mol. The first-order chi connectivity index (χ1) is 18.3. The van der Waals surface area contributed by atoms with E-state index in [4.69, 9.17) is 21.1 Å². The monoisotopic (exact) mass is 542 g/mol. The van der Waals surface area contributed by atoms with E-state index >= 15 is 0 Å². The Morgan fingerprint density at radius 2 is 2.00 bits per heavy atom. The summed E-state index contributed by atoms with van der Waals surface area (Å²) in [4.78, 5) is 39.8. The number of unbranched alkanes of at least 4 members (excludes halogenated alkanes) is 2. The van der Waals surface area contributed by atoms with Crippen LogP contribution in [0.3, 0.4) is 0 Å². The van der Waals surface area contributed by atoms with Gasteiger partial charge in [0, 0.05) is 57.6 Å². The van der Waals surface area contributed by atoms with Crippen LogP contribution in [0, 0.1) is 0 Å². The molecule has 11 heteroatoms. The first kappa shape index (κ1) is 27.5. The van der Waals surface area contributed by atoms with E-state index in [2.05, 4.69) is 16.9 Å². The van der Waals surface area contributed by atoms with E-state index in [-0.39, 0.29) is 18.5 Å². The summed E-state index contributed by atoms with van der Waals surface area (Å²) in [5.74, 6) is 1.58. The van der Waals surface area contributed by atoms with Gasteiger partial charge in [0.25, 0.3) is 0 Å². The number of fused-ring (bicyclic) bond motifs is 1. The Labute approximate surface area is 228 Å². The number of hydrogen-bond acceptors (Lipinski definition) is 6. The van der Waals surface area contributed by atoms with Gasteiger partial charge in [-0.3, -0.25) is 9.69 Å². The Hall–Kier alpha value is -3.53. The maximum atomic E-state index is 13.6. The third-order valence-corrected chi connectivity index (χ3v) is 6.88. The zero-order valence-electron chi connectivity index (χ0n) is 22.4. The Balaban J connectivity index is 1.55. The van der Waals surface area contributed by atoms with Crippen molar-refractivity contribution in [3.8, 4) is 11.5 Å². The van der Waals surface area contributed by atoms with E-state index in [1.807, 2.05) is 6.07 Å². The Morgan fingerprint density at radius 1 is 1.18 bits per heavy atom. The molecule has 1 aliphatic heterocycles. The fraction of sp³-hybridized carbons (Fsp3) is 0.481. The van der Waals surface area contributed by atoms with E-state index in [0.717, 1.165) is 36.6 Å². The number of hydrogen-bond donors (Lipinski definition) is 0. The summed E-state index contributed by atoms with van der Waals surface area (Å²) in [6.45, 7) is 4.37. The minimum Gasteiger partial charge on any atom is -0.491 e. The average Bonchev–Trinajstić information content (AvgIpc) is 3.23. The molecule has 204 valence electrons. The van der Waals surface area contributed by atoms with Crippen molar-refractivity contribution >= 4 is 40.4 Å². The van der Waals surface area contributed by atoms with Crippen LogP contribution >= 0.6 is 11.6 Å². The molecule has 38 heavy (non-hydrogen) atoms. The number of carbonyl (C=O) groups excluding carboxylic acids is 2. The van der Waals surface area contributed by atoms with Crippen molar-refractivity contribution in [3.63, 3.8) is 0 Å². The van der Waals surface area contributed by atoms with Crippen LogP contribution in [0.4, 0.5) is 10.6 Å². The molecule has 0 aromatic carbocycles. The second-order valence-corrected chi connectivity index (χ2v) is 9.93. The van der Waals surface area contributed by atoms with Crippen LogP contribution in [0.2, 0.25) is 5.02 Å². The highest BCUT2D eigenvalue weighted by molar-refractivity contribution is 6.35. The lowest BCUT2D eigenvalue weighted by Gasteiger charge is -2.35. The highest BCUT2D eigenvalue weighted by atomic mass is 35.5. The molecule has 0 radical (unpaired) electrons. The van der Waals surface area contributed by atoms with Crippen LogP contribution < -0.4 is 14.4 Å². The lowest BCUT2D eigenvalue weighted by Crippen LogP contribution is -2.49. The molecule has 3 aromatic rings. The zero-order chi connectivity index (χ0) is 27.2. The van der Waals surface area contributed by atoms with Gasteiger partial charge in [0.1, 0.15) is 18.0 Å². The van der Waals surface area contributed by atoms with Gasteiger partial charge in [-0.25, -0.2) is 14.8 Å². The molecule has 4 heterocycles. The van der Waals surface area contributed by atoms with Crippen molar-refractivity contribution in [2.75, 3.05) is 45.8 Å². The Morgan fingerprint density at radius 3 is 2.74 bits per heavy atom. The summed E-state index contributed by atoms with van der Waals surface area (Å²) in [5, 5.41) is 1.24. The minimum atomic E-state index is -0.144. The highest BCUT2D eigenvalue weighted by Crippen LogP contribution is 2.33. The van der Waals surface area contributed by atoms with Crippen molar-refractivity contribution in [3.05, 3.63) is 41.3 Å². The summed E-state index contributed by atoms with van der Waals surface area (Å²) >= 11 is 6.60. The van der Waals surface area contributed by atoms with Crippen molar-refractivity contribution in [1.82, 2.24) is 24.3 Å². The number of pyridine rings is 2. The van der Waals surface area contributed by atoms with E-state index in [1.165, 1.54) is 4.90 Å². The fourth-order valence-electron chi connectivity index (χ4n) is 4.48. The van der Waals surface area contributed by atoms with E-state index < -0.39 is 0 Å². The van der Waals surface area contributed by atoms with Gasteiger partial charge >= 0.3 is 6.03 Å². The van der Waals surface area contributed by atoms with Crippen LogP contribution in [0.5, 0.6) is 11.5 Å². The highest BCUT2D eigenvalue weighted by Gasteiger charge is 2.29. The van der Waals surface area contributed by atoms with E-state index in [9.17, 15) is 9.59 Å². The number of nitrogens with zero attached hydrogens (tertiary/aromatic N) is 6. The summed E-state index contributed by atoms with van der Waals surface area (Å²) in [5.41, 5.74) is 1.49. The molecular formula is C27H35ClN6O4. The number of methoxy groups -OCH3 is 1. The van der Waals surface area contributed by atoms with Gasteiger partial charge in [-0.05, 0) is 24.5 Å². The lowest BCUT2D eigenvalue weighted by molar-refractivity contribution is -0.129. The molecule has 0 aliphatic carbocycles. The second kappa shape index (κ2) is 12.3. The molecule has 3 amide bonds. The predicted molar refractivity (Wildman–Crippen MR) is 147 cm³/mol. The number of ether oxygens (including phenoxy) is 2. The van der Waals surface area contributed by atoms with Gasteiger partial charge in [0.15, 0.2) is 11.5 Å². The van der Waals surface area contributed by atoms with Crippen molar-refractivity contribution in [1.29, 1.82) is 0 Å². The van der Waals surface area contributed by atoms with Gasteiger partial charge < -0.3 is 23.8 Å². The standard InChI is InChI=1S/C27H35ClN6O4/c1-5-6-7-13-38-21-14-23(30-15-22(21)37-4)34-12-8-11-32(27(34)36)16-19-9-10-29-26-25(19)20(28)17-33(26)18-24(35)31(2)3/h9-10,14-15,17H,5-8,11-13,16,18H2,1-4H3. The fourth-order valence-corrected chi connectivity index (χ4v) is 4.80. The van der Waals surface area contributed by atoms with Gasteiger partial charge in [-0.15, -0.1) is 0 Å². The zero-order valence-corrected chi connectivity index (χ0v) is 23.2. The molecule has 3 aromatic heterocycles.